The van der Waals surface area contributed by atoms with Crippen LogP contribution in [0.2, 0.25) is 0 Å². The predicted molar refractivity (Wildman–Crippen MR) is 165 cm³/mol. The van der Waals surface area contributed by atoms with Gasteiger partial charge in [0.15, 0.2) is 10.3 Å². The third kappa shape index (κ3) is 7.04. The first kappa shape index (κ1) is 27.6. The molecule has 2 amide bonds. The van der Waals surface area contributed by atoms with Crippen LogP contribution in [0.25, 0.3) is 22.8 Å². The second kappa shape index (κ2) is 12.5. The fraction of sp³-hybridized carbons (Fsp3) is 0.0333. The summed E-state index contributed by atoms with van der Waals surface area (Å²) in [7, 11) is 0. The van der Waals surface area contributed by atoms with Gasteiger partial charge in [-0.3, -0.25) is 29.7 Å². The first-order chi connectivity index (χ1) is 21.0. The van der Waals surface area contributed by atoms with Crippen LogP contribution in [0.4, 0.5) is 10.3 Å². The Balaban J connectivity index is 1.01. The number of benzene rings is 1. The van der Waals surface area contributed by atoms with E-state index in [1.807, 2.05) is 35.7 Å². The van der Waals surface area contributed by atoms with E-state index in [1.165, 1.54) is 41.0 Å². The Bertz CT molecular complexity index is 1920. The lowest BCUT2D eigenvalue weighted by Gasteiger charge is -2.07. The highest BCUT2D eigenvalue weighted by atomic mass is 32.1. The highest BCUT2D eigenvalue weighted by molar-refractivity contribution is 7.14. The minimum absolute atomic E-state index is 0.170. The number of aromatic amines is 1. The van der Waals surface area contributed by atoms with Gasteiger partial charge in [-0.1, -0.05) is 18.2 Å². The monoisotopic (exact) mass is 607 g/mol. The predicted octanol–water partition coefficient (Wildman–Crippen LogP) is 5.64. The molecule has 6 rings (SSSR count). The highest BCUT2D eigenvalue weighted by Crippen LogP contribution is 2.27. The molecule has 5 heterocycles. The van der Waals surface area contributed by atoms with Gasteiger partial charge in [-0.2, -0.15) is 0 Å². The molecule has 6 aromatic rings. The van der Waals surface area contributed by atoms with Crippen LogP contribution in [0.5, 0.6) is 11.5 Å². The minimum Gasteiger partial charge on any atom is -0.456 e. The smallest absolute Gasteiger partial charge is 0.258 e. The average Bonchev–Trinajstić information content (AvgIpc) is 3.69. The van der Waals surface area contributed by atoms with Crippen molar-refractivity contribution in [1.29, 1.82) is 0 Å². The molecule has 0 spiro atoms. The van der Waals surface area contributed by atoms with Crippen LogP contribution >= 0.6 is 22.7 Å². The van der Waals surface area contributed by atoms with E-state index in [0.29, 0.717) is 44.4 Å². The van der Waals surface area contributed by atoms with Gasteiger partial charge in [0.25, 0.3) is 5.91 Å². The molecule has 11 nitrogen and oxygen atoms in total. The number of aromatic nitrogens is 5. The van der Waals surface area contributed by atoms with E-state index in [0.717, 1.165) is 11.3 Å². The lowest BCUT2D eigenvalue weighted by Crippen LogP contribution is -2.14. The molecule has 0 aliphatic carbocycles. The maximum absolute atomic E-state index is 12.5. The van der Waals surface area contributed by atoms with Crippen LogP contribution in [-0.2, 0) is 11.2 Å². The number of nitrogens with zero attached hydrogens (tertiary/aromatic N) is 4. The number of nitrogens with one attached hydrogen (secondary N) is 3. The van der Waals surface area contributed by atoms with Crippen LogP contribution in [0, 0.1) is 0 Å². The van der Waals surface area contributed by atoms with E-state index < -0.39 is 0 Å². The third-order valence-electron chi connectivity index (χ3n) is 5.97. The second-order valence-corrected chi connectivity index (χ2v) is 10.8. The Morgan fingerprint density at radius 2 is 1.49 bits per heavy atom. The molecule has 0 saturated heterocycles. The van der Waals surface area contributed by atoms with Crippen LogP contribution in [-0.4, -0.2) is 36.7 Å². The largest absolute Gasteiger partial charge is 0.456 e. The maximum atomic E-state index is 12.5. The summed E-state index contributed by atoms with van der Waals surface area (Å²) in [4.78, 5) is 56.1. The third-order valence-corrected chi connectivity index (χ3v) is 7.49. The molecular weight excluding hydrogens is 587 g/mol. The van der Waals surface area contributed by atoms with E-state index in [2.05, 4.69) is 35.6 Å². The topological polar surface area (TPSA) is 152 Å². The molecule has 5 aromatic heterocycles. The first-order valence-electron chi connectivity index (χ1n) is 12.8. The van der Waals surface area contributed by atoms with Crippen molar-refractivity contribution in [2.45, 2.75) is 6.42 Å². The van der Waals surface area contributed by atoms with Crippen molar-refractivity contribution < 1.29 is 14.3 Å². The molecule has 0 unspecified atom stereocenters. The van der Waals surface area contributed by atoms with Crippen molar-refractivity contribution in [3.63, 3.8) is 0 Å². The molecule has 0 fully saturated rings. The number of thiazole rings is 2. The van der Waals surface area contributed by atoms with Gasteiger partial charge in [0.2, 0.25) is 11.5 Å². The summed E-state index contributed by atoms with van der Waals surface area (Å²) in [5, 5.41) is 10.1. The summed E-state index contributed by atoms with van der Waals surface area (Å²) in [5.41, 5.74) is 3.54. The van der Waals surface area contributed by atoms with Crippen LogP contribution in [0.3, 0.4) is 0 Å². The van der Waals surface area contributed by atoms with E-state index in [1.54, 1.807) is 42.0 Å². The molecule has 212 valence electrons. The van der Waals surface area contributed by atoms with Gasteiger partial charge in [-0.05, 0) is 48.0 Å². The van der Waals surface area contributed by atoms with Crippen LogP contribution in [0.15, 0.2) is 101 Å². The van der Waals surface area contributed by atoms with Crippen LogP contribution in [0.1, 0.15) is 15.9 Å². The number of pyridine rings is 3. The van der Waals surface area contributed by atoms with Gasteiger partial charge < -0.3 is 15.0 Å². The molecule has 13 heteroatoms. The molecule has 0 bridgehead atoms. The van der Waals surface area contributed by atoms with Gasteiger partial charge in [-0.15, -0.1) is 22.7 Å². The number of carbonyl (C=O) groups excluding carboxylic acids is 2. The molecular formula is C30H21N7O4S2. The average molecular weight is 608 g/mol. The zero-order valence-corrected chi connectivity index (χ0v) is 23.8. The van der Waals surface area contributed by atoms with Gasteiger partial charge in [0, 0.05) is 29.2 Å². The molecule has 0 radical (unpaired) electrons. The summed E-state index contributed by atoms with van der Waals surface area (Å²) in [6, 6.07) is 19.1. The van der Waals surface area contributed by atoms with Gasteiger partial charge in [0.05, 0.1) is 29.6 Å². The Morgan fingerprint density at radius 3 is 2.14 bits per heavy atom. The zero-order chi connectivity index (χ0) is 29.6. The summed E-state index contributed by atoms with van der Waals surface area (Å²) < 4.78 is 5.91. The quantitative estimate of drug-likeness (QED) is 0.191. The fourth-order valence-electron chi connectivity index (χ4n) is 3.89. The summed E-state index contributed by atoms with van der Waals surface area (Å²) in [5.74, 6) is 0.579. The molecule has 0 aliphatic heterocycles. The van der Waals surface area contributed by atoms with Gasteiger partial charge in [0.1, 0.15) is 22.9 Å². The number of hydrogen-bond acceptors (Lipinski definition) is 10. The molecule has 3 N–H and O–H groups in total. The Hall–Kier alpha value is -5.53. The van der Waals surface area contributed by atoms with Crippen molar-refractivity contribution in [2.75, 3.05) is 10.6 Å². The fourth-order valence-corrected chi connectivity index (χ4v) is 5.31. The summed E-state index contributed by atoms with van der Waals surface area (Å²) in [6.45, 7) is 0. The van der Waals surface area contributed by atoms with E-state index >= 15 is 0 Å². The van der Waals surface area contributed by atoms with E-state index in [9.17, 15) is 14.4 Å². The first-order valence-corrected chi connectivity index (χ1v) is 14.6. The van der Waals surface area contributed by atoms with Gasteiger partial charge in [-0.25, -0.2) is 9.97 Å². The van der Waals surface area contributed by atoms with E-state index in [4.69, 9.17) is 4.74 Å². The highest BCUT2D eigenvalue weighted by Gasteiger charge is 2.12. The molecule has 1 aromatic carbocycles. The minimum atomic E-state index is -0.379. The standard InChI is InChI=1S/C30H21N7O4S2/c38-26-11-6-19(14-33-26)28(40)37-30-35-25(17-43-30)23-10-9-21(15-32-23)41-20-7-4-18(5-8-20)13-27(39)36-29-34-24(16-42-29)22-3-1-2-12-31-22/h1-12,14-17H,13H2,(H,33,38)(H,34,36,39)(H,35,37,40). The Labute approximate surface area is 252 Å². The molecule has 0 aliphatic rings. The van der Waals surface area contributed by atoms with Crippen molar-refractivity contribution in [3.8, 4) is 34.3 Å². The zero-order valence-electron chi connectivity index (χ0n) is 22.2. The van der Waals surface area contributed by atoms with Crippen molar-refractivity contribution in [3.05, 3.63) is 118 Å². The summed E-state index contributed by atoms with van der Waals surface area (Å²) >= 11 is 2.61. The SMILES string of the molecule is O=C(Cc1ccc(Oc2ccc(-c3csc(NC(=O)c4ccc(=O)[nH]c4)n3)nc2)cc1)Nc1nc(-c2ccccn2)cs1. The lowest BCUT2D eigenvalue weighted by atomic mass is 10.1. The molecule has 0 saturated carbocycles. The van der Waals surface area contributed by atoms with Crippen molar-refractivity contribution in [1.82, 2.24) is 24.9 Å². The number of amides is 2. The maximum Gasteiger partial charge on any atom is 0.258 e. The van der Waals surface area contributed by atoms with E-state index in [-0.39, 0.29) is 23.8 Å². The molecule has 43 heavy (non-hydrogen) atoms. The number of H-pyrrole nitrogens is 1. The number of anilines is 2. The number of hydrogen-bond donors (Lipinski definition) is 3. The number of carbonyl (C=O) groups is 2. The summed E-state index contributed by atoms with van der Waals surface area (Å²) in [6.07, 6.45) is 4.83. The van der Waals surface area contributed by atoms with Gasteiger partial charge >= 0.3 is 0 Å². The number of ether oxygens (including phenoxy) is 1. The Morgan fingerprint density at radius 1 is 0.767 bits per heavy atom. The normalized spacial score (nSPS) is 10.7. The Kier molecular flexibility index (Phi) is 8.06. The van der Waals surface area contributed by atoms with Crippen molar-refractivity contribution in [2.24, 2.45) is 0 Å². The number of rotatable bonds is 9. The van der Waals surface area contributed by atoms with Crippen molar-refractivity contribution >= 4 is 44.8 Å². The second-order valence-electron chi connectivity index (χ2n) is 9.04. The lowest BCUT2D eigenvalue weighted by molar-refractivity contribution is -0.115. The van der Waals surface area contributed by atoms with Crippen LogP contribution < -0.4 is 20.9 Å². The molecule has 0 atom stereocenters.